The average Bonchev–Trinajstić information content (AvgIpc) is 3.54. The van der Waals surface area contributed by atoms with Gasteiger partial charge in [0.25, 0.3) is 0 Å². The molecule has 0 bridgehead atoms. The standard InChI is InChI=1S/C27H36O7/c1-13-15(14-7-9-32-12-14)10-16-20(13)27(4)17(11-19(29)31-5)26(3)18(28)6-8-25(2)22(26)21(23(27)33-16)34-24(25)30/h14-17,21-23H,6-12H2,1-5H3/t14?,15?,16-,17+,21+,22?,23+,25+,26-,27+/m0/s1. The van der Waals surface area contributed by atoms with Crippen LogP contribution < -0.4 is 0 Å². The van der Waals surface area contributed by atoms with Crippen molar-refractivity contribution in [2.24, 2.45) is 39.9 Å². The third-order valence-corrected chi connectivity index (χ3v) is 11.0. The second kappa shape index (κ2) is 7.16. The third-order valence-electron chi connectivity index (χ3n) is 11.0. The second-order valence-corrected chi connectivity index (χ2v) is 12.2. The van der Waals surface area contributed by atoms with Gasteiger partial charge in [-0.25, -0.2) is 0 Å². The van der Waals surface area contributed by atoms with Crippen LogP contribution in [0.3, 0.4) is 0 Å². The molecule has 3 aliphatic heterocycles. The molecule has 6 aliphatic rings. The van der Waals surface area contributed by atoms with Crippen LogP contribution in [0.5, 0.6) is 0 Å². The SMILES string of the molecule is COC(=O)C[C@H]1[C@]2(C)C3=C(C)C(C4CCOC4)C[C@@H]3O[C@@H]2[C@@H]2OC(=O)[C@]3(C)CCC(=O)[C@@]1(C)C23. The topological polar surface area (TPSA) is 88.1 Å². The van der Waals surface area contributed by atoms with E-state index in [1.165, 1.54) is 18.3 Å². The maximum atomic E-state index is 13.8. The lowest BCUT2D eigenvalue weighted by Gasteiger charge is -2.60. The second-order valence-electron chi connectivity index (χ2n) is 12.2. The van der Waals surface area contributed by atoms with E-state index in [0.717, 1.165) is 26.1 Å². The lowest BCUT2D eigenvalue weighted by molar-refractivity contribution is -0.197. The number of ether oxygens (including phenoxy) is 4. The van der Waals surface area contributed by atoms with Crippen LogP contribution in [-0.2, 0) is 33.3 Å². The number of hydrogen-bond acceptors (Lipinski definition) is 7. The van der Waals surface area contributed by atoms with Crippen LogP contribution in [0.1, 0.15) is 59.8 Å². The number of ketones is 1. The molecule has 3 aliphatic carbocycles. The van der Waals surface area contributed by atoms with E-state index in [4.69, 9.17) is 18.9 Å². The molecule has 7 nitrogen and oxygen atoms in total. The van der Waals surface area contributed by atoms with Gasteiger partial charge in [-0.2, -0.15) is 0 Å². The normalized spacial score (nSPS) is 51.3. The minimum absolute atomic E-state index is 0.0786. The van der Waals surface area contributed by atoms with Gasteiger partial charge in [0.15, 0.2) is 0 Å². The van der Waals surface area contributed by atoms with E-state index in [9.17, 15) is 14.4 Å². The number of methoxy groups -OCH3 is 1. The van der Waals surface area contributed by atoms with Gasteiger partial charge in [-0.1, -0.05) is 19.4 Å². The first-order valence-electron chi connectivity index (χ1n) is 12.8. The van der Waals surface area contributed by atoms with E-state index in [1.54, 1.807) is 0 Å². The Hall–Kier alpha value is -1.73. The van der Waals surface area contributed by atoms with Crippen LogP contribution >= 0.6 is 0 Å². The molecule has 10 atom stereocenters. The summed E-state index contributed by atoms with van der Waals surface area (Å²) in [5.74, 6) is -0.201. The molecule has 0 amide bonds. The fourth-order valence-corrected chi connectivity index (χ4v) is 9.40. The van der Waals surface area contributed by atoms with Crippen molar-refractivity contribution in [2.75, 3.05) is 20.3 Å². The van der Waals surface area contributed by atoms with Crippen LogP contribution in [0.25, 0.3) is 0 Å². The van der Waals surface area contributed by atoms with Crippen LogP contribution in [0.4, 0.5) is 0 Å². The van der Waals surface area contributed by atoms with Gasteiger partial charge in [0, 0.05) is 29.8 Å². The average molecular weight is 473 g/mol. The minimum Gasteiger partial charge on any atom is -0.469 e. The molecule has 5 fully saturated rings. The number of Topliss-reactive ketones (excluding diaryl/α,β-unsaturated/α-hetero) is 1. The Morgan fingerprint density at radius 3 is 2.62 bits per heavy atom. The van der Waals surface area contributed by atoms with E-state index in [2.05, 4.69) is 13.8 Å². The fraction of sp³-hybridized carbons (Fsp3) is 0.815. The number of carbonyl (C=O) groups excluding carboxylic acids is 3. The van der Waals surface area contributed by atoms with E-state index >= 15 is 0 Å². The van der Waals surface area contributed by atoms with Gasteiger partial charge in [-0.05, 0) is 56.4 Å². The molecule has 3 saturated heterocycles. The lowest BCUT2D eigenvalue weighted by Crippen LogP contribution is -2.67. The molecule has 6 rings (SSSR count). The zero-order valence-electron chi connectivity index (χ0n) is 20.8. The molecular weight excluding hydrogens is 436 g/mol. The Morgan fingerprint density at radius 2 is 1.94 bits per heavy atom. The van der Waals surface area contributed by atoms with Crippen LogP contribution in [0.2, 0.25) is 0 Å². The van der Waals surface area contributed by atoms with Gasteiger partial charge in [-0.15, -0.1) is 0 Å². The molecule has 7 heteroatoms. The highest BCUT2D eigenvalue weighted by atomic mass is 16.6. The highest BCUT2D eigenvalue weighted by Crippen LogP contribution is 2.72. The molecule has 0 aromatic carbocycles. The highest BCUT2D eigenvalue weighted by molar-refractivity contribution is 5.92. The molecule has 3 unspecified atom stereocenters. The zero-order valence-corrected chi connectivity index (χ0v) is 20.8. The predicted molar refractivity (Wildman–Crippen MR) is 120 cm³/mol. The predicted octanol–water partition coefficient (Wildman–Crippen LogP) is 3.24. The summed E-state index contributed by atoms with van der Waals surface area (Å²) in [4.78, 5) is 39.8. The van der Waals surface area contributed by atoms with E-state index in [-0.39, 0.29) is 48.2 Å². The monoisotopic (exact) mass is 472 g/mol. The Kier molecular flexibility index (Phi) is 4.78. The lowest BCUT2D eigenvalue weighted by atomic mass is 9.40. The van der Waals surface area contributed by atoms with Crippen molar-refractivity contribution >= 4 is 17.7 Å². The Morgan fingerprint density at radius 1 is 1.18 bits per heavy atom. The van der Waals surface area contributed by atoms with Gasteiger partial charge in [-0.3, -0.25) is 14.4 Å². The van der Waals surface area contributed by atoms with Crippen molar-refractivity contribution in [1.82, 2.24) is 0 Å². The number of hydrogen-bond donors (Lipinski definition) is 0. The number of fused-ring (bicyclic) bond motifs is 4. The molecule has 3 heterocycles. The number of allylic oxidation sites excluding steroid dienone is 1. The summed E-state index contributed by atoms with van der Waals surface area (Å²) in [6.45, 7) is 9.85. The van der Waals surface area contributed by atoms with Crippen molar-refractivity contribution in [3.63, 3.8) is 0 Å². The first kappa shape index (κ1) is 22.7. The molecule has 0 radical (unpaired) electrons. The van der Waals surface area contributed by atoms with Crippen LogP contribution in [-0.4, -0.2) is 56.4 Å². The summed E-state index contributed by atoms with van der Waals surface area (Å²) in [6.07, 6.45) is 1.95. The zero-order chi connectivity index (χ0) is 24.2. The molecule has 0 N–H and O–H groups in total. The Labute approximate surface area is 200 Å². The van der Waals surface area contributed by atoms with Gasteiger partial charge in [0.05, 0.1) is 31.7 Å². The number of esters is 2. The third kappa shape index (κ3) is 2.53. The largest absolute Gasteiger partial charge is 0.469 e. The maximum Gasteiger partial charge on any atom is 0.312 e. The summed E-state index contributed by atoms with van der Waals surface area (Å²) in [7, 11) is 1.40. The minimum atomic E-state index is -0.872. The van der Waals surface area contributed by atoms with Crippen molar-refractivity contribution in [3.8, 4) is 0 Å². The van der Waals surface area contributed by atoms with Gasteiger partial charge >= 0.3 is 11.9 Å². The van der Waals surface area contributed by atoms with E-state index in [0.29, 0.717) is 24.7 Å². The molecule has 186 valence electrons. The molecule has 34 heavy (non-hydrogen) atoms. The number of rotatable bonds is 3. The summed E-state index contributed by atoms with van der Waals surface area (Å²) < 4.78 is 23.8. The molecule has 0 aromatic rings. The van der Waals surface area contributed by atoms with E-state index in [1.807, 2.05) is 13.8 Å². The molecule has 0 spiro atoms. The van der Waals surface area contributed by atoms with Crippen molar-refractivity contribution in [2.45, 2.75) is 78.1 Å². The van der Waals surface area contributed by atoms with Gasteiger partial charge < -0.3 is 18.9 Å². The molecule has 2 saturated carbocycles. The first-order chi connectivity index (χ1) is 16.1. The molecule has 0 aromatic heterocycles. The summed E-state index contributed by atoms with van der Waals surface area (Å²) in [5, 5.41) is 0. The molecular formula is C27H36O7. The summed E-state index contributed by atoms with van der Waals surface area (Å²) >= 11 is 0. The quantitative estimate of drug-likeness (QED) is 0.460. The van der Waals surface area contributed by atoms with Crippen LogP contribution in [0, 0.1) is 39.9 Å². The first-order valence-corrected chi connectivity index (χ1v) is 12.8. The fourth-order valence-electron chi connectivity index (χ4n) is 9.40. The Bertz CT molecular complexity index is 995. The smallest absolute Gasteiger partial charge is 0.312 e. The van der Waals surface area contributed by atoms with E-state index < -0.39 is 22.3 Å². The maximum absolute atomic E-state index is 13.8. The summed E-state index contributed by atoms with van der Waals surface area (Å²) in [6, 6.07) is 0. The van der Waals surface area contributed by atoms with Crippen LogP contribution in [0.15, 0.2) is 11.1 Å². The highest BCUT2D eigenvalue weighted by Gasteiger charge is 2.78. The van der Waals surface area contributed by atoms with Crippen molar-refractivity contribution < 1.29 is 33.3 Å². The van der Waals surface area contributed by atoms with Gasteiger partial charge in [0.2, 0.25) is 0 Å². The Balaban J connectivity index is 1.53. The van der Waals surface area contributed by atoms with Gasteiger partial charge in [0.1, 0.15) is 18.0 Å². The van der Waals surface area contributed by atoms with Crippen molar-refractivity contribution in [3.05, 3.63) is 11.1 Å². The summed E-state index contributed by atoms with van der Waals surface area (Å²) in [5.41, 5.74) is 0.343. The number of carbonyl (C=O) groups is 3. The van der Waals surface area contributed by atoms with Crippen molar-refractivity contribution in [1.29, 1.82) is 0 Å².